The molecule has 2 atom stereocenters. The minimum Gasteiger partial charge on any atom is -0.376 e. The van der Waals surface area contributed by atoms with Crippen LogP contribution >= 0.6 is 24.0 Å². The maximum absolute atomic E-state index is 5.78. The molecule has 0 bridgehead atoms. The molecule has 1 saturated heterocycles. The van der Waals surface area contributed by atoms with E-state index >= 15 is 0 Å². The summed E-state index contributed by atoms with van der Waals surface area (Å²) in [6.45, 7) is 8.93. The Morgan fingerprint density at radius 2 is 2.12 bits per heavy atom. The molecule has 1 aromatic rings. The van der Waals surface area contributed by atoms with Crippen LogP contribution in [0.1, 0.15) is 32.3 Å². The molecule has 0 saturated carbocycles. The minimum atomic E-state index is 0. The second kappa shape index (κ2) is 13.4. The summed E-state index contributed by atoms with van der Waals surface area (Å²) in [7, 11) is 0. The van der Waals surface area contributed by atoms with Crippen LogP contribution < -0.4 is 10.6 Å². The molecule has 5 nitrogen and oxygen atoms in total. The van der Waals surface area contributed by atoms with Gasteiger partial charge in [0, 0.05) is 26.2 Å². The van der Waals surface area contributed by atoms with E-state index in [4.69, 9.17) is 9.47 Å². The molecular weight excluding hydrogens is 429 g/mol. The van der Waals surface area contributed by atoms with E-state index in [0.717, 1.165) is 45.0 Å². The van der Waals surface area contributed by atoms with Gasteiger partial charge in [-0.1, -0.05) is 37.3 Å². The highest BCUT2D eigenvalue weighted by Gasteiger charge is 2.15. The quantitative estimate of drug-likeness (QED) is 0.337. The molecular formula is C19H32IN3O2. The third-order valence-corrected chi connectivity index (χ3v) is 3.94. The van der Waals surface area contributed by atoms with Crippen molar-refractivity contribution in [1.82, 2.24) is 10.6 Å². The smallest absolute Gasteiger partial charge is 0.191 e. The summed E-state index contributed by atoms with van der Waals surface area (Å²) >= 11 is 0. The van der Waals surface area contributed by atoms with Gasteiger partial charge in [0.2, 0.25) is 0 Å². The SMILES string of the molecule is CCNC(=NCC(C)COCc1ccccc1)NCC1CCCO1.I. The summed E-state index contributed by atoms with van der Waals surface area (Å²) in [5.74, 6) is 1.25. The Morgan fingerprint density at radius 3 is 2.80 bits per heavy atom. The first kappa shape index (κ1) is 22.2. The third-order valence-electron chi connectivity index (χ3n) is 3.94. The second-order valence-corrected chi connectivity index (χ2v) is 6.34. The van der Waals surface area contributed by atoms with Gasteiger partial charge >= 0.3 is 0 Å². The lowest BCUT2D eigenvalue weighted by Gasteiger charge is -2.16. The monoisotopic (exact) mass is 461 g/mol. The predicted octanol–water partition coefficient (Wildman–Crippen LogP) is 3.19. The van der Waals surface area contributed by atoms with Crippen LogP contribution in [0.25, 0.3) is 0 Å². The predicted molar refractivity (Wildman–Crippen MR) is 114 cm³/mol. The number of hydrogen-bond donors (Lipinski definition) is 2. The highest BCUT2D eigenvalue weighted by atomic mass is 127. The summed E-state index contributed by atoms with van der Waals surface area (Å²) in [4.78, 5) is 4.66. The van der Waals surface area contributed by atoms with E-state index in [0.29, 0.717) is 25.2 Å². The molecule has 0 aliphatic carbocycles. The molecule has 0 aromatic heterocycles. The molecule has 1 aromatic carbocycles. The third kappa shape index (κ3) is 9.42. The van der Waals surface area contributed by atoms with Crippen molar-refractivity contribution in [3.05, 3.63) is 35.9 Å². The first-order valence-corrected chi connectivity index (χ1v) is 9.03. The first-order valence-electron chi connectivity index (χ1n) is 9.03. The van der Waals surface area contributed by atoms with Crippen LogP contribution in [0.4, 0.5) is 0 Å². The van der Waals surface area contributed by atoms with Gasteiger partial charge in [-0.15, -0.1) is 24.0 Å². The standard InChI is InChI=1S/C19H31N3O2.HI/c1-3-20-19(22-13-18-10-7-11-24-18)21-12-16(2)14-23-15-17-8-5-4-6-9-17;/h4-6,8-9,16,18H,3,7,10-15H2,1-2H3,(H2,20,21,22);1H. The summed E-state index contributed by atoms with van der Waals surface area (Å²) < 4.78 is 11.4. The molecule has 2 rings (SSSR count). The maximum Gasteiger partial charge on any atom is 0.191 e. The van der Waals surface area contributed by atoms with E-state index in [1.807, 2.05) is 18.2 Å². The van der Waals surface area contributed by atoms with Gasteiger partial charge in [0.25, 0.3) is 0 Å². The zero-order chi connectivity index (χ0) is 17.0. The zero-order valence-electron chi connectivity index (χ0n) is 15.4. The Balaban J connectivity index is 0.00000312. The summed E-state index contributed by atoms with van der Waals surface area (Å²) in [5.41, 5.74) is 1.21. The number of rotatable bonds is 9. The number of benzene rings is 1. The Morgan fingerprint density at radius 1 is 1.32 bits per heavy atom. The van der Waals surface area contributed by atoms with Crippen molar-refractivity contribution < 1.29 is 9.47 Å². The topological polar surface area (TPSA) is 54.9 Å². The van der Waals surface area contributed by atoms with E-state index in [-0.39, 0.29) is 24.0 Å². The average molecular weight is 461 g/mol. The Hall–Kier alpha value is -0.860. The molecule has 142 valence electrons. The zero-order valence-corrected chi connectivity index (χ0v) is 17.7. The minimum absolute atomic E-state index is 0. The van der Waals surface area contributed by atoms with Crippen LogP contribution in [0, 0.1) is 5.92 Å². The van der Waals surface area contributed by atoms with E-state index in [1.54, 1.807) is 0 Å². The molecule has 2 unspecified atom stereocenters. The van der Waals surface area contributed by atoms with Gasteiger partial charge in [-0.25, -0.2) is 0 Å². The lowest BCUT2D eigenvalue weighted by Crippen LogP contribution is -2.41. The van der Waals surface area contributed by atoms with Crippen LogP contribution in [-0.4, -0.2) is 44.9 Å². The summed E-state index contributed by atoms with van der Waals surface area (Å²) in [6.07, 6.45) is 2.62. The van der Waals surface area contributed by atoms with Crippen LogP contribution in [0.5, 0.6) is 0 Å². The summed E-state index contributed by atoms with van der Waals surface area (Å²) in [6, 6.07) is 10.3. The number of nitrogens with one attached hydrogen (secondary N) is 2. The van der Waals surface area contributed by atoms with E-state index in [1.165, 1.54) is 5.56 Å². The maximum atomic E-state index is 5.78. The highest BCUT2D eigenvalue weighted by molar-refractivity contribution is 14.0. The normalized spacial score (nSPS) is 18.5. The molecule has 2 N–H and O–H groups in total. The fourth-order valence-corrected chi connectivity index (χ4v) is 2.61. The van der Waals surface area contributed by atoms with Gasteiger partial charge in [0.05, 0.1) is 19.3 Å². The lowest BCUT2D eigenvalue weighted by molar-refractivity contribution is 0.0944. The number of nitrogens with zero attached hydrogens (tertiary/aromatic N) is 1. The Bertz CT molecular complexity index is 479. The number of hydrogen-bond acceptors (Lipinski definition) is 3. The van der Waals surface area contributed by atoms with Crippen molar-refractivity contribution in [1.29, 1.82) is 0 Å². The molecule has 6 heteroatoms. The van der Waals surface area contributed by atoms with E-state index < -0.39 is 0 Å². The van der Waals surface area contributed by atoms with Crippen molar-refractivity contribution in [2.75, 3.05) is 32.8 Å². The molecule has 0 spiro atoms. The molecule has 0 amide bonds. The van der Waals surface area contributed by atoms with Crippen LogP contribution in [0.2, 0.25) is 0 Å². The van der Waals surface area contributed by atoms with Crippen LogP contribution in [0.15, 0.2) is 35.3 Å². The molecule has 1 aliphatic rings. The van der Waals surface area contributed by atoms with Crippen molar-refractivity contribution in [2.45, 2.75) is 39.4 Å². The van der Waals surface area contributed by atoms with Gasteiger partial charge < -0.3 is 20.1 Å². The number of aliphatic imine (C=N–C) groups is 1. The Kier molecular flexibility index (Phi) is 11.9. The van der Waals surface area contributed by atoms with Crippen molar-refractivity contribution >= 4 is 29.9 Å². The highest BCUT2D eigenvalue weighted by Crippen LogP contribution is 2.10. The van der Waals surface area contributed by atoms with Gasteiger partial charge in [-0.3, -0.25) is 4.99 Å². The van der Waals surface area contributed by atoms with Gasteiger partial charge in [-0.2, -0.15) is 0 Å². The van der Waals surface area contributed by atoms with E-state index in [9.17, 15) is 0 Å². The van der Waals surface area contributed by atoms with Gasteiger partial charge in [0.15, 0.2) is 5.96 Å². The van der Waals surface area contributed by atoms with E-state index in [2.05, 4.69) is 41.6 Å². The molecule has 1 fully saturated rings. The molecule has 0 radical (unpaired) electrons. The lowest BCUT2D eigenvalue weighted by atomic mass is 10.2. The fourth-order valence-electron chi connectivity index (χ4n) is 2.61. The summed E-state index contributed by atoms with van der Waals surface area (Å²) in [5, 5.41) is 6.66. The van der Waals surface area contributed by atoms with Crippen LogP contribution in [-0.2, 0) is 16.1 Å². The van der Waals surface area contributed by atoms with Crippen molar-refractivity contribution in [2.24, 2.45) is 10.9 Å². The fraction of sp³-hybridized carbons (Fsp3) is 0.632. The van der Waals surface area contributed by atoms with Gasteiger partial charge in [0.1, 0.15) is 0 Å². The number of ether oxygens (including phenoxy) is 2. The first-order chi connectivity index (χ1) is 11.8. The molecule has 1 heterocycles. The number of halogens is 1. The van der Waals surface area contributed by atoms with Crippen molar-refractivity contribution in [3.8, 4) is 0 Å². The van der Waals surface area contributed by atoms with Crippen LogP contribution in [0.3, 0.4) is 0 Å². The average Bonchev–Trinajstić information content (AvgIpc) is 3.12. The number of guanidine groups is 1. The molecule has 1 aliphatic heterocycles. The second-order valence-electron chi connectivity index (χ2n) is 6.34. The van der Waals surface area contributed by atoms with Gasteiger partial charge in [-0.05, 0) is 31.2 Å². The largest absolute Gasteiger partial charge is 0.376 e. The Labute approximate surface area is 169 Å². The van der Waals surface area contributed by atoms with Crippen molar-refractivity contribution in [3.63, 3.8) is 0 Å². The molecule has 25 heavy (non-hydrogen) atoms.